The number of hydrogen-bond acceptors (Lipinski definition) is 1. The fourth-order valence-corrected chi connectivity index (χ4v) is 3.93. The van der Waals surface area contributed by atoms with E-state index in [0.717, 1.165) is 36.3 Å². The summed E-state index contributed by atoms with van der Waals surface area (Å²) in [6.45, 7) is -1.31. The van der Waals surface area contributed by atoms with Gasteiger partial charge in [-0.15, -0.1) is 0 Å². The van der Waals surface area contributed by atoms with E-state index in [4.69, 9.17) is 0 Å². The van der Waals surface area contributed by atoms with Gasteiger partial charge in [-0.2, -0.15) is 8.78 Å². The quantitative estimate of drug-likeness (QED) is 0.244. The molecule has 0 aliphatic rings. The zero-order valence-corrected chi connectivity index (χ0v) is 18.1. The van der Waals surface area contributed by atoms with Gasteiger partial charge in [-0.1, -0.05) is 55.8 Å². The maximum atomic E-state index is 15.3. The number of alkyl halides is 2. The van der Waals surface area contributed by atoms with Crippen LogP contribution in [0.4, 0.5) is 26.3 Å². The number of fused-ring (bicyclic) bond motifs is 1. The van der Waals surface area contributed by atoms with Crippen molar-refractivity contribution < 1.29 is 31.1 Å². The molecule has 4 rings (SSSR count). The third-order valence-electron chi connectivity index (χ3n) is 5.63. The molecule has 7 heteroatoms. The minimum atomic E-state index is -3.41. The number of benzene rings is 4. The molecule has 34 heavy (non-hydrogen) atoms. The largest absolute Gasteiger partial charge is 0.429 e. The van der Waals surface area contributed by atoms with E-state index < -0.39 is 35.6 Å². The van der Waals surface area contributed by atoms with E-state index in [0.29, 0.717) is 17.5 Å². The van der Waals surface area contributed by atoms with E-state index in [-0.39, 0.29) is 22.3 Å². The van der Waals surface area contributed by atoms with Crippen molar-refractivity contribution in [3.63, 3.8) is 0 Å². The molecule has 0 aliphatic carbocycles. The van der Waals surface area contributed by atoms with Gasteiger partial charge in [0, 0.05) is 16.5 Å². The summed E-state index contributed by atoms with van der Waals surface area (Å²) in [5.74, 6) is -5.38. The summed E-state index contributed by atoms with van der Waals surface area (Å²) >= 11 is 0. The molecule has 0 bridgehead atoms. The number of rotatable bonds is 7. The third kappa shape index (κ3) is 4.74. The van der Waals surface area contributed by atoms with Gasteiger partial charge in [-0.3, -0.25) is 0 Å². The van der Waals surface area contributed by atoms with E-state index in [2.05, 4.69) is 11.7 Å². The molecule has 0 saturated carbocycles. The molecule has 0 aromatic heterocycles. The summed E-state index contributed by atoms with van der Waals surface area (Å²) in [6, 6.07) is 14.0. The topological polar surface area (TPSA) is 9.23 Å². The second-order valence-electron chi connectivity index (χ2n) is 7.93. The molecule has 0 fully saturated rings. The molecule has 0 atom stereocenters. The van der Waals surface area contributed by atoms with Gasteiger partial charge in [0.15, 0.2) is 17.4 Å². The average Bonchev–Trinajstić information content (AvgIpc) is 2.80. The monoisotopic (exact) mass is 474 g/mol. The molecule has 0 aliphatic heterocycles. The second kappa shape index (κ2) is 9.79. The minimum Gasteiger partial charge on any atom is -0.429 e. The highest BCUT2D eigenvalue weighted by molar-refractivity contribution is 5.89. The lowest BCUT2D eigenvalue weighted by Gasteiger charge is -2.12. The lowest BCUT2D eigenvalue weighted by atomic mass is 9.96. The number of halogens is 6. The van der Waals surface area contributed by atoms with Crippen molar-refractivity contribution in [1.29, 1.82) is 0 Å². The van der Waals surface area contributed by atoms with E-state index in [1.54, 1.807) is 18.2 Å². The first kappa shape index (κ1) is 23.7. The van der Waals surface area contributed by atoms with Crippen molar-refractivity contribution in [2.24, 2.45) is 0 Å². The van der Waals surface area contributed by atoms with Gasteiger partial charge in [0.25, 0.3) is 0 Å². The molecule has 1 nitrogen and oxygen atoms in total. The molecule has 0 heterocycles. The Kier molecular flexibility index (Phi) is 6.82. The predicted molar refractivity (Wildman–Crippen MR) is 120 cm³/mol. The van der Waals surface area contributed by atoms with Crippen LogP contribution in [-0.4, -0.2) is 6.61 Å². The molecule has 0 saturated heterocycles. The van der Waals surface area contributed by atoms with E-state index in [1.165, 1.54) is 12.1 Å². The maximum Gasteiger partial charge on any atom is 0.387 e. The van der Waals surface area contributed by atoms with Gasteiger partial charge in [0.2, 0.25) is 0 Å². The predicted octanol–water partition coefficient (Wildman–Crippen LogP) is 8.67. The summed E-state index contributed by atoms with van der Waals surface area (Å²) in [5.41, 5.74) is 1.15. The first-order valence-corrected chi connectivity index (χ1v) is 10.7. The van der Waals surface area contributed by atoms with Crippen LogP contribution < -0.4 is 4.74 Å². The molecule has 0 spiro atoms. The number of hydrogen-bond donors (Lipinski definition) is 0. The van der Waals surface area contributed by atoms with Gasteiger partial charge in [0.05, 0.1) is 0 Å². The fourth-order valence-electron chi connectivity index (χ4n) is 3.93. The number of aryl methyl sites for hydroxylation is 1. The lowest BCUT2D eigenvalue weighted by Crippen LogP contribution is -2.06. The van der Waals surface area contributed by atoms with Crippen LogP contribution in [0.15, 0.2) is 60.7 Å². The van der Waals surface area contributed by atoms with Gasteiger partial charge in [-0.05, 0) is 53.1 Å². The molecule has 0 unspecified atom stereocenters. The van der Waals surface area contributed by atoms with Crippen LogP contribution in [0.25, 0.3) is 33.0 Å². The molecular formula is C27H20F6O. The Labute approximate surface area is 192 Å². The summed E-state index contributed by atoms with van der Waals surface area (Å²) in [6.07, 6.45) is 2.99. The van der Waals surface area contributed by atoms with Crippen LogP contribution in [0.1, 0.15) is 25.3 Å². The Morgan fingerprint density at radius 3 is 2.06 bits per heavy atom. The van der Waals surface area contributed by atoms with Gasteiger partial charge < -0.3 is 4.74 Å². The summed E-state index contributed by atoms with van der Waals surface area (Å²) in [5, 5.41) is 1.14. The average molecular weight is 474 g/mol. The van der Waals surface area contributed by atoms with E-state index in [1.807, 2.05) is 12.1 Å². The highest BCUT2D eigenvalue weighted by atomic mass is 19.3. The second-order valence-corrected chi connectivity index (χ2v) is 7.93. The Morgan fingerprint density at radius 2 is 1.41 bits per heavy atom. The van der Waals surface area contributed by atoms with Crippen LogP contribution in [0.3, 0.4) is 0 Å². The Morgan fingerprint density at radius 1 is 0.735 bits per heavy atom. The molecule has 4 aromatic carbocycles. The van der Waals surface area contributed by atoms with Crippen molar-refractivity contribution in [2.75, 3.05) is 0 Å². The Bertz CT molecular complexity index is 1330. The summed E-state index contributed by atoms with van der Waals surface area (Å²) in [4.78, 5) is 0. The smallest absolute Gasteiger partial charge is 0.387 e. The van der Waals surface area contributed by atoms with Crippen LogP contribution in [0.2, 0.25) is 0 Å². The van der Waals surface area contributed by atoms with Gasteiger partial charge >= 0.3 is 6.61 Å². The molecule has 176 valence electrons. The van der Waals surface area contributed by atoms with Crippen molar-refractivity contribution in [1.82, 2.24) is 0 Å². The molecule has 4 aromatic rings. The van der Waals surface area contributed by atoms with Crippen molar-refractivity contribution in [3.8, 4) is 28.0 Å². The molecule has 0 N–H and O–H groups in total. The van der Waals surface area contributed by atoms with Crippen LogP contribution in [0.5, 0.6) is 5.75 Å². The van der Waals surface area contributed by atoms with Crippen molar-refractivity contribution >= 4 is 10.8 Å². The Hall–Kier alpha value is -3.48. The molecule has 0 radical (unpaired) electrons. The maximum absolute atomic E-state index is 15.3. The fraction of sp³-hybridized carbons (Fsp3) is 0.185. The zero-order chi connectivity index (χ0) is 24.4. The number of ether oxygens (including phenoxy) is 1. The Balaban J connectivity index is 1.69. The SMILES string of the molecule is CCCCc1ccc2c(F)c(-c3ccc(-c4cc(F)c(OC(F)F)c(F)c4)c(F)c3)ccc2c1. The lowest BCUT2D eigenvalue weighted by molar-refractivity contribution is -0.0546. The first-order valence-electron chi connectivity index (χ1n) is 10.7. The molecular weight excluding hydrogens is 454 g/mol. The summed E-state index contributed by atoms with van der Waals surface area (Å²) in [7, 11) is 0. The van der Waals surface area contributed by atoms with Crippen molar-refractivity contribution in [3.05, 3.63) is 89.5 Å². The number of unbranched alkanes of at least 4 members (excludes halogenated alkanes) is 1. The highest BCUT2D eigenvalue weighted by Crippen LogP contribution is 2.35. The van der Waals surface area contributed by atoms with Gasteiger partial charge in [-0.25, -0.2) is 17.6 Å². The third-order valence-corrected chi connectivity index (χ3v) is 5.63. The van der Waals surface area contributed by atoms with Crippen LogP contribution >= 0.6 is 0 Å². The van der Waals surface area contributed by atoms with Crippen LogP contribution in [0, 0.1) is 23.3 Å². The first-order chi connectivity index (χ1) is 16.3. The van der Waals surface area contributed by atoms with Gasteiger partial charge in [0.1, 0.15) is 11.6 Å². The van der Waals surface area contributed by atoms with E-state index in [9.17, 15) is 22.0 Å². The zero-order valence-electron chi connectivity index (χ0n) is 18.1. The molecule has 0 amide bonds. The normalized spacial score (nSPS) is 11.4. The van der Waals surface area contributed by atoms with E-state index >= 15 is 4.39 Å². The van der Waals surface area contributed by atoms with Crippen molar-refractivity contribution in [2.45, 2.75) is 32.8 Å². The van der Waals surface area contributed by atoms with Crippen LogP contribution in [-0.2, 0) is 6.42 Å². The standard InChI is InChI=1S/C27H20F6O/c1-2-3-4-15-5-8-20-16(11-15)7-10-21(25(20)31)17-6-9-19(22(28)12-17)18-13-23(29)26(24(30)14-18)34-27(32)33/h5-14,27H,2-4H2,1H3. The highest BCUT2D eigenvalue weighted by Gasteiger charge is 2.19. The minimum absolute atomic E-state index is 0.174. The summed E-state index contributed by atoms with van der Waals surface area (Å²) < 4.78 is 86.8.